The van der Waals surface area contributed by atoms with Crippen LogP contribution in [-0.2, 0) is 5.41 Å². The highest BCUT2D eigenvalue weighted by atomic mass is 32.1. The molecule has 4 aliphatic carbocycles. The Morgan fingerprint density at radius 3 is 1.55 bits per heavy atom. The van der Waals surface area contributed by atoms with E-state index in [0.29, 0.717) is 0 Å². The molecule has 0 atom stereocenters. The molecule has 0 radical (unpaired) electrons. The Morgan fingerprint density at radius 1 is 0.569 bits per heavy atom. The van der Waals surface area contributed by atoms with Gasteiger partial charge >= 0.3 is 0 Å². The average Bonchev–Trinajstić information content (AvgIpc) is 3.95. The molecular weight excluding hydrogens is 697 g/mol. The van der Waals surface area contributed by atoms with Crippen molar-refractivity contribution < 1.29 is 19.2 Å². The van der Waals surface area contributed by atoms with Gasteiger partial charge in [0, 0.05) is 42.1 Å². The van der Waals surface area contributed by atoms with Crippen molar-refractivity contribution in [3.63, 3.8) is 0 Å². The maximum atomic E-state index is 13.6. The molecule has 5 aromatic rings. The van der Waals surface area contributed by atoms with Gasteiger partial charge in [-0.3, -0.25) is 19.2 Å². The third kappa shape index (κ3) is 4.18. The van der Waals surface area contributed by atoms with E-state index in [9.17, 15) is 40.2 Å². The van der Waals surface area contributed by atoms with Crippen molar-refractivity contribution in [1.82, 2.24) is 0 Å². The molecule has 8 nitrogen and oxygen atoms in total. The summed E-state index contributed by atoms with van der Waals surface area (Å²) in [5, 5.41) is 37.8. The van der Waals surface area contributed by atoms with Gasteiger partial charge in [-0.1, -0.05) is 19.3 Å². The van der Waals surface area contributed by atoms with E-state index >= 15 is 0 Å². The van der Waals surface area contributed by atoms with Crippen LogP contribution in [0.1, 0.15) is 111 Å². The van der Waals surface area contributed by atoms with Gasteiger partial charge in [-0.2, -0.15) is 21.0 Å². The van der Waals surface area contributed by atoms with Crippen molar-refractivity contribution in [3.8, 4) is 24.3 Å². The van der Waals surface area contributed by atoms with Gasteiger partial charge in [0.2, 0.25) is 0 Å². The summed E-state index contributed by atoms with van der Waals surface area (Å²) in [5.74, 6) is -1.78. The molecule has 0 amide bonds. The fourth-order valence-electron chi connectivity index (χ4n) is 8.01. The zero-order chi connectivity index (χ0) is 35.3. The van der Waals surface area contributed by atoms with E-state index in [1.54, 1.807) is 34.8 Å². The Kier molecular flexibility index (Phi) is 6.65. The lowest BCUT2D eigenvalue weighted by atomic mass is 9.67. The molecule has 2 aromatic carbocycles. The zero-order valence-corrected chi connectivity index (χ0v) is 28.8. The molecular formula is C40H18N4O4S3. The van der Waals surface area contributed by atoms with E-state index in [1.165, 1.54) is 45.9 Å². The van der Waals surface area contributed by atoms with Crippen molar-refractivity contribution >= 4 is 88.1 Å². The predicted molar refractivity (Wildman–Crippen MR) is 193 cm³/mol. The molecule has 240 valence electrons. The summed E-state index contributed by atoms with van der Waals surface area (Å²) in [7, 11) is 0. The molecule has 0 bridgehead atoms. The number of hydrogen-bond donors (Lipinski definition) is 0. The Bertz CT molecular complexity index is 2750. The second-order valence-corrected chi connectivity index (χ2v) is 16.1. The number of benzene rings is 2. The fourth-order valence-corrected chi connectivity index (χ4v) is 12.4. The molecule has 0 N–H and O–H groups in total. The molecule has 4 aliphatic rings. The Balaban J connectivity index is 1.11. The number of allylic oxidation sites excluding steroid dienone is 4. The lowest BCUT2D eigenvalue weighted by molar-refractivity contribution is 0.0974. The van der Waals surface area contributed by atoms with Crippen LogP contribution in [0.4, 0.5) is 0 Å². The number of Topliss-reactive ketones (excluding diaryl/α,β-unsaturated/α-hetero) is 4. The molecule has 1 spiro atoms. The summed E-state index contributed by atoms with van der Waals surface area (Å²) in [6.45, 7) is 0. The van der Waals surface area contributed by atoms with Gasteiger partial charge in [-0.15, -0.1) is 34.0 Å². The van der Waals surface area contributed by atoms with Crippen LogP contribution in [0.3, 0.4) is 0 Å². The van der Waals surface area contributed by atoms with Crippen LogP contribution in [0.25, 0.3) is 31.0 Å². The number of nitriles is 4. The third-order valence-corrected chi connectivity index (χ3v) is 14.2. The normalized spacial score (nSPS) is 16.9. The minimum Gasteiger partial charge on any atom is -0.288 e. The van der Waals surface area contributed by atoms with Crippen LogP contribution < -0.4 is 0 Å². The number of rotatable bonds is 2. The lowest BCUT2D eigenvalue weighted by Gasteiger charge is -2.36. The van der Waals surface area contributed by atoms with E-state index in [0.717, 1.165) is 61.5 Å². The molecule has 3 aromatic heterocycles. The molecule has 9 rings (SSSR count). The molecule has 0 unspecified atom stereocenters. The van der Waals surface area contributed by atoms with Crippen molar-refractivity contribution in [2.45, 2.75) is 37.5 Å². The average molecular weight is 715 g/mol. The van der Waals surface area contributed by atoms with Crippen LogP contribution in [0.15, 0.2) is 53.1 Å². The minimum absolute atomic E-state index is 0.00965. The van der Waals surface area contributed by atoms with E-state index in [4.69, 9.17) is 0 Å². The number of nitrogens with zero attached hydrogens (tertiary/aromatic N) is 4. The van der Waals surface area contributed by atoms with Gasteiger partial charge in [0.15, 0.2) is 23.1 Å². The van der Waals surface area contributed by atoms with Crippen molar-refractivity contribution in [2.24, 2.45) is 0 Å². The molecule has 1 fully saturated rings. The monoisotopic (exact) mass is 714 g/mol. The quantitative estimate of drug-likeness (QED) is 0.129. The minimum atomic E-state index is -0.461. The van der Waals surface area contributed by atoms with E-state index < -0.39 is 23.1 Å². The van der Waals surface area contributed by atoms with E-state index in [2.05, 4.69) is 6.08 Å². The van der Waals surface area contributed by atoms with Crippen LogP contribution in [0.2, 0.25) is 0 Å². The standard InChI is InChI=1S/C40H18N4O4S3/c41-14-18-6-24-25(7-19(18)15-42)34(46)28(33(24)45)10-22-11-30-32(40(22)4-2-1-3-5-40)38-39(50-30)37-31(51-38)13-23(49-37)12-29-35(47)26-8-20(16-43)21(17-44)9-27(26)36(29)48/h6-13H,1-5H2. The summed E-state index contributed by atoms with van der Waals surface area (Å²) < 4.78 is 4.38. The first-order chi connectivity index (χ1) is 24.7. The number of fused-ring (bicyclic) bond motifs is 8. The maximum Gasteiger partial charge on any atom is 0.197 e. The number of carbonyl (C=O) groups excluding carboxylic acids is 4. The largest absolute Gasteiger partial charge is 0.288 e. The van der Waals surface area contributed by atoms with Gasteiger partial charge < -0.3 is 0 Å². The van der Waals surface area contributed by atoms with Crippen LogP contribution >= 0.6 is 34.0 Å². The Hall–Kier alpha value is -6.08. The van der Waals surface area contributed by atoms with Gasteiger partial charge in [0.25, 0.3) is 0 Å². The SMILES string of the molecule is N#Cc1cc2c(cc1C#N)C(=O)C(=CC1=Cc3sc4c(sc5cc(C=C6C(=O)c7cc(C#N)c(C#N)cc7C6=O)sc54)c3C13CCCCC3)C2=O. The molecule has 3 heterocycles. The summed E-state index contributed by atoms with van der Waals surface area (Å²) in [4.78, 5) is 55.6. The van der Waals surface area contributed by atoms with Crippen molar-refractivity contribution in [1.29, 1.82) is 21.0 Å². The van der Waals surface area contributed by atoms with Gasteiger partial charge in [-0.05, 0) is 72.5 Å². The highest BCUT2D eigenvalue weighted by Crippen LogP contribution is 2.59. The highest BCUT2D eigenvalue weighted by Gasteiger charge is 2.46. The van der Waals surface area contributed by atoms with Crippen molar-refractivity contribution in [2.75, 3.05) is 0 Å². The number of thiophene rings is 3. The number of carbonyl (C=O) groups is 4. The first kappa shape index (κ1) is 30.9. The summed E-state index contributed by atoms with van der Waals surface area (Å²) in [6, 6.07) is 15.1. The number of ketones is 4. The van der Waals surface area contributed by atoms with Crippen LogP contribution in [0.5, 0.6) is 0 Å². The summed E-state index contributed by atoms with van der Waals surface area (Å²) >= 11 is 4.83. The molecule has 0 saturated heterocycles. The lowest BCUT2D eigenvalue weighted by Crippen LogP contribution is -2.29. The van der Waals surface area contributed by atoms with Gasteiger partial charge in [0.1, 0.15) is 24.3 Å². The van der Waals surface area contributed by atoms with Crippen LogP contribution in [-0.4, -0.2) is 23.1 Å². The Morgan fingerprint density at radius 2 is 1.06 bits per heavy atom. The first-order valence-electron chi connectivity index (χ1n) is 16.0. The maximum absolute atomic E-state index is 13.6. The molecule has 11 heteroatoms. The van der Waals surface area contributed by atoms with Crippen LogP contribution in [0, 0.1) is 45.3 Å². The van der Waals surface area contributed by atoms with Gasteiger partial charge in [-0.25, -0.2) is 0 Å². The molecule has 0 aliphatic heterocycles. The summed E-state index contributed by atoms with van der Waals surface area (Å²) in [6.07, 6.45) is 10.3. The molecule has 1 saturated carbocycles. The zero-order valence-electron chi connectivity index (χ0n) is 26.3. The number of hydrogen-bond acceptors (Lipinski definition) is 11. The third-order valence-electron chi connectivity index (χ3n) is 10.4. The second kappa shape index (κ2) is 11.0. The van der Waals surface area contributed by atoms with Gasteiger partial charge in [0.05, 0.1) is 47.5 Å². The highest BCUT2D eigenvalue weighted by molar-refractivity contribution is 7.39. The topological polar surface area (TPSA) is 163 Å². The Labute approximate surface area is 301 Å². The summed E-state index contributed by atoms with van der Waals surface area (Å²) in [5.41, 5.74) is 2.71. The van der Waals surface area contributed by atoms with E-state index in [1.807, 2.05) is 30.3 Å². The molecule has 51 heavy (non-hydrogen) atoms. The van der Waals surface area contributed by atoms with E-state index in [-0.39, 0.29) is 61.1 Å². The van der Waals surface area contributed by atoms with Crippen molar-refractivity contribution in [3.05, 3.63) is 113 Å². The smallest absolute Gasteiger partial charge is 0.197 e. The predicted octanol–water partition coefficient (Wildman–Crippen LogP) is 8.73. The first-order valence-corrected chi connectivity index (χ1v) is 18.5. The fraction of sp³-hybridized carbons (Fsp3) is 0.150. The second-order valence-electron chi connectivity index (χ2n) is 13.0.